The topological polar surface area (TPSA) is 17.1 Å². The molecular formula is C17H18O. The summed E-state index contributed by atoms with van der Waals surface area (Å²) in [6, 6.07) is 9.67. The van der Waals surface area contributed by atoms with Crippen LogP contribution in [0.4, 0.5) is 0 Å². The van der Waals surface area contributed by atoms with Gasteiger partial charge in [0.05, 0.1) is 0 Å². The maximum Gasteiger partial charge on any atom is 0.192 e. The minimum Gasteiger partial charge on any atom is -0.289 e. The minimum absolute atomic E-state index is 0.215. The third-order valence-corrected chi connectivity index (χ3v) is 3.97. The molecule has 0 saturated carbocycles. The Labute approximate surface area is 108 Å². The van der Waals surface area contributed by atoms with Gasteiger partial charge in [-0.25, -0.2) is 0 Å². The van der Waals surface area contributed by atoms with Gasteiger partial charge in [0.1, 0.15) is 0 Å². The highest BCUT2D eigenvalue weighted by molar-refractivity contribution is 6.11. The van der Waals surface area contributed by atoms with Gasteiger partial charge in [0.25, 0.3) is 0 Å². The van der Waals surface area contributed by atoms with Gasteiger partial charge in [0.15, 0.2) is 5.78 Å². The summed E-state index contributed by atoms with van der Waals surface area (Å²) < 4.78 is 0. The van der Waals surface area contributed by atoms with Crippen molar-refractivity contribution < 1.29 is 4.79 Å². The van der Waals surface area contributed by atoms with Crippen molar-refractivity contribution in [1.29, 1.82) is 0 Å². The minimum atomic E-state index is 0.215. The summed E-state index contributed by atoms with van der Waals surface area (Å²) in [5, 5.41) is 0. The number of ketones is 1. The number of allylic oxidation sites excluding steroid dienone is 4. The highest BCUT2D eigenvalue weighted by Gasteiger charge is 2.24. The molecule has 92 valence electrons. The van der Waals surface area contributed by atoms with Crippen LogP contribution in [0.5, 0.6) is 0 Å². The molecule has 2 aliphatic rings. The fourth-order valence-corrected chi connectivity index (χ4v) is 3.07. The fraction of sp³-hybridized carbons (Fsp3) is 0.353. The van der Waals surface area contributed by atoms with E-state index in [1.54, 1.807) is 5.57 Å². The van der Waals surface area contributed by atoms with E-state index in [-0.39, 0.29) is 5.78 Å². The Morgan fingerprint density at radius 1 is 0.944 bits per heavy atom. The summed E-state index contributed by atoms with van der Waals surface area (Å²) in [4.78, 5) is 12.6. The summed E-state index contributed by atoms with van der Waals surface area (Å²) in [5.41, 5.74) is 4.72. The lowest BCUT2D eigenvalue weighted by Gasteiger charge is -2.09. The SMILES string of the molecule is O=C(C1=CCCCC2=C1CCC2)c1ccccc1. The molecule has 1 aromatic carbocycles. The Morgan fingerprint density at radius 3 is 2.56 bits per heavy atom. The van der Waals surface area contributed by atoms with Crippen LogP contribution in [0.1, 0.15) is 48.9 Å². The number of hydrogen-bond donors (Lipinski definition) is 0. The number of benzene rings is 1. The van der Waals surface area contributed by atoms with Crippen LogP contribution in [0, 0.1) is 0 Å². The van der Waals surface area contributed by atoms with Crippen LogP contribution in [-0.2, 0) is 0 Å². The zero-order valence-electron chi connectivity index (χ0n) is 10.6. The second-order valence-electron chi connectivity index (χ2n) is 5.14. The average molecular weight is 238 g/mol. The first-order valence-electron chi connectivity index (χ1n) is 6.87. The molecule has 0 aliphatic heterocycles. The average Bonchev–Trinajstić information content (AvgIpc) is 2.79. The van der Waals surface area contributed by atoms with Gasteiger partial charge in [-0.3, -0.25) is 4.79 Å². The fourth-order valence-electron chi connectivity index (χ4n) is 3.07. The smallest absolute Gasteiger partial charge is 0.192 e. The van der Waals surface area contributed by atoms with E-state index in [9.17, 15) is 4.79 Å². The van der Waals surface area contributed by atoms with Crippen molar-refractivity contribution in [3.05, 3.63) is 58.7 Å². The van der Waals surface area contributed by atoms with Crippen LogP contribution in [-0.4, -0.2) is 5.78 Å². The second kappa shape index (κ2) is 4.93. The van der Waals surface area contributed by atoms with Crippen molar-refractivity contribution >= 4 is 5.78 Å². The van der Waals surface area contributed by atoms with Crippen LogP contribution >= 0.6 is 0 Å². The Balaban J connectivity index is 1.97. The Kier molecular flexibility index (Phi) is 3.14. The Hall–Kier alpha value is -1.63. The molecule has 0 radical (unpaired) electrons. The first-order chi connectivity index (χ1) is 8.86. The zero-order valence-corrected chi connectivity index (χ0v) is 10.6. The third kappa shape index (κ3) is 2.05. The molecule has 0 bridgehead atoms. The summed E-state index contributed by atoms with van der Waals surface area (Å²) in [7, 11) is 0. The molecule has 0 unspecified atom stereocenters. The predicted octanol–water partition coefficient (Wildman–Crippen LogP) is 4.46. The highest BCUT2D eigenvalue weighted by atomic mass is 16.1. The van der Waals surface area contributed by atoms with Crippen molar-refractivity contribution in [3.63, 3.8) is 0 Å². The van der Waals surface area contributed by atoms with Crippen LogP contribution < -0.4 is 0 Å². The van der Waals surface area contributed by atoms with Gasteiger partial charge in [-0.05, 0) is 44.1 Å². The summed E-state index contributed by atoms with van der Waals surface area (Å²) in [6.45, 7) is 0. The van der Waals surface area contributed by atoms with Gasteiger partial charge in [0.2, 0.25) is 0 Å². The normalized spacial score (nSPS) is 19.2. The number of rotatable bonds is 2. The molecule has 0 amide bonds. The van der Waals surface area contributed by atoms with Gasteiger partial charge in [-0.1, -0.05) is 42.0 Å². The molecule has 2 aliphatic carbocycles. The van der Waals surface area contributed by atoms with Crippen LogP contribution in [0.15, 0.2) is 53.1 Å². The first-order valence-corrected chi connectivity index (χ1v) is 6.87. The summed E-state index contributed by atoms with van der Waals surface area (Å²) in [5.74, 6) is 0.215. The van der Waals surface area contributed by atoms with Crippen molar-refractivity contribution in [1.82, 2.24) is 0 Å². The van der Waals surface area contributed by atoms with Crippen LogP contribution in [0.25, 0.3) is 0 Å². The molecular weight excluding hydrogens is 220 g/mol. The number of Topliss-reactive ketones (excluding diaryl/α,β-unsaturated/α-hetero) is 1. The summed E-state index contributed by atoms with van der Waals surface area (Å²) >= 11 is 0. The van der Waals surface area contributed by atoms with E-state index in [2.05, 4.69) is 6.08 Å². The van der Waals surface area contributed by atoms with E-state index in [4.69, 9.17) is 0 Å². The van der Waals surface area contributed by atoms with E-state index in [1.165, 1.54) is 31.3 Å². The molecule has 0 aromatic heterocycles. The number of carbonyl (C=O) groups excluding carboxylic acids is 1. The first kappa shape index (κ1) is 11.5. The molecule has 18 heavy (non-hydrogen) atoms. The number of hydrogen-bond acceptors (Lipinski definition) is 1. The van der Waals surface area contributed by atoms with E-state index >= 15 is 0 Å². The molecule has 0 fully saturated rings. The van der Waals surface area contributed by atoms with Gasteiger partial charge in [-0.15, -0.1) is 0 Å². The monoisotopic (exact) mass is 238 g/mol. The predicted molar refractivity (Wildman–Crippen MR) is 73.6 cm³/mol. The third-order valence-electron chi connectivity index (χ3n) is 3.97. The van der Waals surface area contributed by atoms with Gasteiger partial charge in [-0.2, -0.15) is 0 Å². The van der Waals surface area contributed by atoms with E-state index in [0.29, 0.717) is 0 Å². The van der Waals surface area contributed by atoms with Crippen molar-refractivity contribution in [2.24, 2.45) is 0 Å². The molecule has 0 atom stereocenters. The standard InChI is InChI=1S/C17H18O/c18-17(14-8-2-1-3-9-14)16-11-5-4-7-13-10-6-12-15(13)16/h1-3,8-9,11H,4-7,10,12H2. The molecule has 3 rings (SSSR count). The lowest BCUT2D eigenvalue weighted by Crippen LogP contribution is -2.05. The van der Waals surface area contributed by atoms with Crippen LogP contribution in [0.3, 0.4) is 0 Å². The molecule has 0 heterocycles. The molecule has 0 N–H and O–H groups in total. The molecule has 0 spiro atoms. The maximum atomic E-state index is 12.6. The molecule has 1 heteroatoms. The largest absolute Gasteiger partial charge is 0.289 e. The molecule has 1 nitrogen and oxygen atoms in total. The van der Waals surface area contributed by atoms with E-state index < -0.39 is 0 Å². The quantitative estimate of drug-likeness (QED) is 0.695. The van der Waals surface area contributed by atoms with E-state index in [1.807, 2.05) is 30.3 Å². The van der Waals surface area contributed by atoms with Gasteiger partial charge in [0, 0.05) is 11.1 Å². The van der Waals surface area contributed by atoms with Crippen molar-refractivity contribution in [3.8, 4) is 0 Å². The van der Waals surface area contributed by atoms with Gasteiger partial charge < -0.3 is 0 Å². The zero-order chi connectivity index (χ0) is 12.4. The molecule has 0 saturated heterocycles. The highest BCUT2D eigenvalue weighted by Crippen LogP contribution is 2.37. The lowest BCUT2D eigenvalue weighted by atomic mass is 9.94. The van der Waals surface area contributed by atoms with Crippen LogP contribution in [0.2, 0.25) is 0 Å². The summed E-state index contributed by atoms with van der Waals surface area (Å²) in [6.07, 6.45) is 9.13. The van der Waals surface area contributed by atoms with Crippen molar-refractivity contribution in [2.45, 2.75) is 38.5 Å². The molecule has 1 aromatic rings. The lowest BCUT2D eigenvalue weighted by molar-refractivity contribution is 0.103. The Bertz CT molecular complexity index is 520. The van der Waals surface area contributed by atoms with Crippen molar-refractivity contribution in [2.75, 3.05) is 0 Å². The van der Waals surface area contributed by atoms with E-state index in [0.717, 1.165) is 24.0 Å². The number of carbonyl (C=O) groups is 1. The van der Waals surface area contributed by atoms with Gasteiger partial charge >= 0.3 is 0 Å². The second-order valence-corrected chi connectivity index (χ2v) is 5.14. The Morgan fingerprint density at radius 2 is 1.72 bits per heavy atom. The maximum absolute atomic E-state index is 12.6.